The summed E-state index contributed by atoms with van der Waals surface area (Å²) in [4.78, 5) is 4.60. The molecule has 1 heterocycles. The summed E-state index contributed by atoms with van der Waals surface area (Å²) in [5, 5.41) is 24.0. The van der Waals surface area contributed by atoms with Gasteiger partial charge in [-0.3, -0.25) is 4.98 Å². The Labute approximate surface area is 160 Å². The Kier molecular flexibility index (Phi) is 5.56. The molecule has 0 aliphatic carbocycles. The standard InChI is InChI=1S/C23H29NO3/c1-5-6-11-27-22-18(14-25)17(12-23(2,3)4)21(26)19-16-10-8-7-9-15(16)13-24-20(19)22/h7-10,13,25-26H,5-6,11-12,14H2,1-4H3. The maximum atomic E-state index is 11.2. The maximum Gasteiger partial charge on any atom is 0.151 e. The number of nitrogens with zero attached hydrogens (tertiary/aromatic N) is 1. The van der Waals surface area contributed by atoms with Gasteiger partial charge < -0.3 is 14.9 Å². The van der Waals surface area contributed by atoms with E-state index in [0.717, 1.165) is 29.2 Å². The van der Waals surface area contributed by atoms with Gasteiger partial charge in [0, 0.05) is 22.7 Å². The van der Waals surface area contributed by atoms with Gasteiger partial charge in [0.25, 0.3) is 0 Å². The summed E-state index contributed by atoms with van der Waals surface area (Å²) >= 11 is 0. The molecule has 0 fully saturated rings. The summed E-state index contributed by atoms with van der Waals surface area (Å²) < 4.78 is 6.11. The van der Waals surface area contributed by atoms with Crippen molar-refractivity contribution in [3.63, 3.8) is 0 Å². The second-order valence-corrected chi connectivity index (χ2v) is 8.30. The molecular weight excluding hydrogens is 338 g/mol. The summed E-state index contributed by atoms with van der Waals surface area (Å²) in [6.07, 6.45) is 4.39. The molecule has 144 valence electrons. The Morgan fingerprint density at radius 2 is 1.85 bits per heavy atom. The second kappa shape index (κ2) is 7.73. The number of aromatic nitrogens is 1. The van der Waals surface area contributed by atoms with Crippen molar-refractivity contribution in [3.8, 4) is 11.5 Å². The number of ether oxygens (including phenoxy) is 1. The minimum Gasteiger partial charge on any atom is -0.507 e. The summed E-state index contributed by atoms with van der Waals surface area (Å²) in [5.74, 6) is 0.805. The summed E-state index contributed by atoms with van der Waals surface area (Å²) in [6, 6.07) is 7.91. The zero-order valence-electron chi connectivity index (χ0n) is 16.7. The SMILES string of the molecule is CCCCOc1c(CO)c(CC(C)(C)C)c(O)c2c1ncc1ccccc12. The third-order valence-electron chi connectivity index (χ3n) is 4.79. The predicted molar refractivity (Wildman–Crippen MR) is 110 cm³/mol. The number of hydrogen-bond acceptors (Lipinski definition) is 4. The molecule has 2 N–H and O–H groups in total. The van der Waals surface area contributed by atoms with Crippen LogP contribution >= 0.6 is 0 Å². The van der Waals surface area contributed by atoms with Gasteiger partial charge in [-0.25, -0.2) is 0 Å². The van der Waals surface area contributed by atoms with Crippen molar-refractivity contribution in [2.24, 2.45) is 5.41 Å². The Hall–Kier alpha value is -2.33. The van der Waals surface area contributed by atoms with Crippen molar-refractivity contribution in [1.29, 1.82) is 0 Å². The molecule has 0 spiro atoms. The van der Waals surface area contributed by atoms with Crippen LogP contribution in [0.1, 0.15) is 51.7 Å². The Bertz CT molecular complexity index is 957. The Morgan fingerprint density at radius 3 is 2.52 bits per heavy atom. The molecule has 0 aliphatic rings. The van der Waals surface area contributed by atoms with Crippen molar-refractivity contribution >= 4 is 21.7 Å². The van der Waals surface area contributed by atoms with E-state index in [0.29, 0.717) is 35.2 Å². The van der Waals surface area contributed by atoms with Crippen LogP contribution in [0.4, 0.5) is 0 Å². The van der Waals surface area contributed by atoms with E-state index in [1.165, 1.54) is 0 Å². The fourth-order valence-electron chi connectivity index (χ4n) is 3.51. The lowest BCUT2D eigenvalue weighted by Gasteiger charge is -2.24. The zero-order valence-corrected chi connectivity index (χ0v) is 16.7. The lowest BCUT2D eigenvalue weighted by Crippen LogP contribution is -2.13. The number of fused-ring (bicyclic) bond motifs is 3. The number of pyridine rings is 1. The van der Waals surface area contributed by atoms with E-state index < -0.39 is 0 Å². The van der Waals surface area contributed by atoms with Crippen molar-refractivity contribution in [2.45, 2.75) is 53.6 Å². The molecule has 2 aromatic carbocycles. The normalized spacial score (nSPS) is 12.0. The highest BCUT2D eigenvalue weighted by atomic mass is 16.5. The van der Waals surface area contributed by atoms with E-state index in [9.17, 15) is 10.2 Å². The molecule has 4 heteroatoms. The molecule has 0 atom stereocenters. The van der Waals surface area contributed by atoms with E-state index in [-0.39, 0.29) is 17.8 Å². The van der Waals surface area contributed by atoms with Crippen molar-refractivity contribution in [3.05, 3.63) is 41.6 Å². The van der Waals surface area contributed by atoms with Gasteiger partial charge in [-0.2, -0.15) is 0 Å². The smallest absolute Gasteiger partial charge is 0.151 e. The Balaban J connectivity index is 2.37. The first-order chi connectivity index (χ1) is 12.9. The number of benzene rings is 2. The number of unbranched alkanes of at least 4 members (excludes halogenated alkanes) is 1. The molecular formula is C23H29NO3. The minimum atomic E-state index is -0.190. The van der Waals surface area contributed by atoms with Crippen LogP contribution in [-0.4, -0.2) is 21.8 Å². The number of aliphatic hydroxyl groups is 1. The van der Waals surface area contributed by atoms with Crippen LogP contribution in [0.25, 0.3) is 21.7 Å². The number of phenolic OH excluding ortho intramolecular Hbond substituents is 1. The highest BCUT2D eigenvalue weighted by molar-refractivity contribution is 6.11. The van der Waals surface area contributed by atoms with Crippen LogP contribution in [0.15, 0.2) is 30.5 Å². The zero-order chi connectivity index (χ0) is 19.6. The van der Waals surface area contributed by atoms with E-state index >= 15 is 0 Å². The van der Waals surface area contributed by atoms with Crippen molar-refractivity contribution in [1.82, 2.24) is 4.98 Å². The van der Waals surface area contributed by atoms with Gasteiger partial charge in [0.05, 0.1) is 18.6 Å². The van der Waals surface area contributed by atoms with Crippen LogP contribution in [0, 0.1) is 5.41 Å². The van der Waals surface area contributed by atoms with Gasteiger partial charge in [-0.15, -0.1) is 0 Å². The van der Waals surface area contributed by atoms with E-state index in [2.05, 4.69) is 32.7 Å². The summed E-state index contributed by atoms with van der Waals surface area (Å²) in [7, 11) is 0. The van der Waals surface area contributed by atoms with Crippen LogP contribution in [0.3, 0.4) is 0 Å². The monoisotopic (exact) mass is 367 g/mol. The first kappa shape index (κ1) is 19.4. The molecule has 0 unspecified atom stereocenters. The van der Waals surface area contributed by atoms with Crippen LogP contribution in [-0.2, 0) is 13.0 Å². The van der Waals surface area contributed by atoms with Gasteiger partial charge in [-0.05, 0) is 23.6 Å². The third kappa shape index (κ3) is 3.86. The van der Waals surface area contributed by atoms with Crippen LogP contribution < -0.4 is 4.74 Å². The van der Waals surface area contributed by atoms with Gasteiger partial charge in [0.15, 0.2) is 5.75 Å². The predicted octanol–water partition coefficient (Wildman–Crippen LogP) is 5.35. The molecule has 0 saturated heterocycles. The molecule has 27 heavy (non-hydrogen) atoms. The summed E-state index contributed by atoms with van der Waals surface area (Å²) in [6.45, 7) is 8.85. The van der Waals surface area contributed by atoms with Gasteiger partial charge >= 0.3 is 0 Å². The van der Waals surface area contributed by atoms with Gasteiger partial charge in [0.2, 0.25) is 0 Å². The third-order valence-corrected chi connectivity index (χ3v) is 4.79. The first-order valence-corrected chi connectivity index (χ1v) is 9.65. The quantitative estimate of drug-likeness (QED) is 0.455. The van der Waals surface area contributed by atoms with E-state index in [1.54, 1.807) is 6.20 Å². The molecule has 0 radical (unpaired) electrons. The number of rotatable bonds is 6. The number of hydrogen-bond donors (Lipinski definition) is 2. The highest BCUT2D eigenvalue weighted by Crippen LogP contribution is 2.44. The fourth-order valence-corrected chi connectivity index (χ4v) is 3.51. The number of aromatic hydroxyl groups is 1. The molecule has 1 aromatic heterocycles. The van der Waals surface area contributed by atoms with Gasteiger partial charge in [0.1, 0.15) is 11.3 Å². The average molecular weight is 367 g/mol. The largest absolute Gasteiger partial charge is 0.507 e. The molecule has 4 nitrogen and oxygen atoms in total. The van der Waals surface area contributed by atoms with E-state index in [1.807, 2.05) is 24.3 Å². The number of aliphatic hydroxyl groups excluding tert-OH is 1. The van der Waals surface area contributed by atoms with Crippen LogP contribution in [0.2, 0.25) is 0 Å². The fraction of sp³-hybridized carbons (Fsp3) is 0.435. The van der Waals surface area contributed by atoms with Crippen molar-refractivity contribution < 1.29 is 14.9 Å². The topological polar surface area (TPSA) is 62.6 Å². The molecule has 0 amide bonds. The highest BCUT2D eigenvalue weighted by Gasteiger charge is 2.25. The molecule has 0 saturated carbocycles. The number of phenols is 1. The lowest BCUT2D eigenvalue weighted by molar-refractivity contribution is 0.258. The maximum absolute atomic E-state index is 11.2. The van der Waals surface area contributed by atoms with E-state index in [4.69, 9.17) is 4.74 Å². The second-order valence-electron chi connectivity index (χ2n) is 8.30. The van der Waals surface area contributed by atoms with Gasteiger partial charge in [-0.1, -0.05) is 58.4 Å². The average Bonchev–Trinajstić information content (AvgIpc) is 2.63. The molecule has 3 aromatic rings. The minimum absolute atomic E-state index is 0.0478. The molecule has 0 aliphatic heterocycles. The first-order valence-electron chi connectivity index (χ1n) is 9.65. The molecule has 0 bridgehead atoms. The Morgan fingerprint density at radius 1 is 1.11 bits per heavy atom. The molecule has 3 rings (SSSR count). The lowest BCUT2D eigenvalue weighted by atomic mass is 9.84. The van der Waals surface area contributed by atoms with Crippen LogP contribution in [0.5, 0.6) is 11.5 Å². The van der Waals surface area contributed by atoms with Crippen molar-refractivity contribution in [2.75, 3.05) is 6.61 Å². The summed E-state index contributed by atoms with van der Waals surface area (Å²) in [5.41, 5.74) is 1.97.